The second-order valence-electron chi connectivity index (χ2n) is 6.26. The first kappa shape index (κ1) is 17.0. The van der Waals surface area contributed by atoms with Gasteiger partial charge in [-0.1, -0.05) is 0 Å². The van der Waals surface area contributed by atoms with Crippen molar-refractivity contribution in [3.63, 3.8) is 0 Å². The highest BCUT2D eigenvalue weighted by Gasteiger charge is 2.28. The van der Waals surface area contributed by atoms with Crippen LogP contribution in [0.4, 0.5) is 0 Å². The number of carbonyl (C=O) groups excluding carboxylic acids is 1. The number of methoxy groups -OCH3 is 2. The van der Waals surface area contributed by atoms with Gasteiger partial charge in [0, 0.05) is 30.9 Å². The van der Waals surface area contributed by atoms with Crippen LogP contribution in [0.5, 0.6) is 11.5 Å². The average Bonchev–Trinajstić information content (AvgIpc) is 3.30. The van der Waals surface area contributed by atoms with Gasteiger partial charge in [-0.2, -0.15) is 5.10 Å². The normalized spacial score (nSPS) is 12.8. The van der Waals surface area contributed by atoms with Gasteiger partial charge in [0.25, 0.3) is 5.91 Å². The maximum absolute atomic E-state index is 13.0. The molecule has 3 aromatic rings. The Morgan fingerprint density at radius 1 is 1.15 bits per heavy atom. The smallest absolute Gasteiger partial charge is 0.272 e. The van der Waals surface area contributed by atoms with E-state index < -0.39 is 0 Å². The molecule has 8 heteroatoms. The monoisotopic (exact) mass is 365 g/mol. The third kappa shape index (κ3) is 2.99. The number of amides is 1. The van der Waals surface area contributed by atoms with Crippen molar-refractivity contribution in [1.29, 1.82) is 0 Å². The standard InChI is InChI=1S/C19H19N5O3/c1-23-17(19(25)24-9-12-8-20-11-21-16(12)10-24)7-15(22-23)14-6-13(26-2)4-5-18(14)27-3/h4-8,11H,9-10H2,1-3H3. The van der Waals surface area contributed by atoms with Crippen LogP contribution in [0.25, 0.3) is 11.3 Å². The van der Waals surface area contributed by atoms with Crippen molar-refractivity contribution >= 4 is 5.91 Å². The predicted molar refractivity (Wildman–Crippen MR) is 97.4 cm³/mol. The van der Waals surface area contributed by atoms with Crippen LogP contribution < -0.4 is 9.47 Å². The van der Waals surface area contributed by atoms with E-state index in [1.54, 1.807) is 43.1 Å². The molecule has 0 saturated heterocycles. The maximum atomic E-state index is 13.0. The maximum Gasteiger partial charge on any atom is 0.272 e. The fourth-order valence-electron chi connectivity index (χ4n) is 3.22. The molecule has 0 spiro atoms. The summed E-state index contributed by atoms with van der Waals surface area (Å²) in [6.07, 6.45) is 3.26. The number of aromatic nitrogens is 4. The van der Waals surface area contributed by atoms with Crippen LogP contribution in [0.3, 0.4) is 0 Å². The topological polar surface area (TPSA) is 82.4 Å². The highest BCUT2D eigenvalue weighted by molar-refractivity contribution is 5.94. The molecule has 4 rings (SSSR count). The van der Waals surface area contributed by atoms with Gasteiger partial charge in [-0.15, -0.1) is 0 Å². The van der Waals surface area contributed by atoms with Crippen LogP contribution in [0.1, 0.15) is 21.7 Å². The third-order valence-corrected chi connectivity index (χ3v) is 4.65. The lowest BCUT2D eigenvalue weighted by Crippen LogP contribution is -2.27. The van der Waals surface area contributed by atoms with Crippen molar-refractivity contribution in [2.24, 2.45) is 7.05 Å². The second-order valence-corrected chi connectivity index (χ2v) is 6.26. The Morgan fingerprint density at radius 2 is 2.00 bits per heavy atom. The quantitative estimate of drug-likeness (QED) is 0.704. The molecule has 1 aliphatic heterocycles. The molecule has 0 N–H and O–H groups in total. The number of nitrogens with zero attached hydrogens (tertiary/aromatic N) is 5. The van der Waals surface area contributed by atoms with Gasteiger partial charge in [-0.05, 0) is 24.3 Å². The summed E-state index contributed by atoms with van der Waals surface area (Å²) in [6, 6.07) is 7.25. The number of carbonyl (C=O) groups is 1. The van der Waals surface area contributed by atoms with E-state index in [9.17, 15) is 4.79 Å². The van der Waals surface area contributed by atoms with Gasteiger partial charge in [0.1, 0.15) is 23.5 Å². The molecule has 1 amide bonds. The predicted octanol–water partition coefficient (Wildman–Crippen LogP) is 2.05. The third-order valence-electron chi connectivity index (χ3n) is 4.65. The minimum absolute atomic E-state index is 0.101. The Morgan fingerprint density at radius 3 is 2.74 bits per heavy atom. The van der Waals surface area contributed by atoms with Gasteiger partial charge in [-0.25, -0.2) is 9.97 Å². The molecular weight excluding hydrogens is 346 g/mol. The number of ether oxygens (including phenoxy) is 2. The first-order valence-electron chi connectivity index (χ1n) is 8.44. The molecule has 3 heterocycles. The molecular formula is C19H19N5O3. The number of hydrogen-bond donors (Lipinski definition) is 0. The lowest BCUT2D eigenvalue weighted by atomic mass is 10.1. The van der Waals surface area contributed by atoms with Gasteiger partial charge in [0.15, 0.2) is 0 Å². The van der Waals surface area contributed by atoms with Gasteiger partial charge >= 0.3 is 0 Å². The zero-order chi connectivity index (χ0) is 19.0. The molecule has 0 atom stereocenters. The van der Waals surface area contributed by atoms with Crippen molar-refractivity contribution in [1.82, 2.24) is 24.6 Å². The molecule has 138 valence electrons. The fraction of sp³-hybridized carbons (Fsp3) is 0.263. The minimum atomic E-state index is -0.101. The van der Waals surface area contributed by atoms with E-state index >= 15 is 0 Å². The first-order valence-corrected chi connectivity index (χ1v) is 8.44. The van der Waals surface area contributed by atoms with Crippen LogP contribution in [0.15, 0.2) is 36.8 Å². The molecule has 0 fully saturated rings. The highest BCUT2D eigenvalue weighted by Crippen LogP contribution is 2.33. The van der Waals surface area contributed by atoms with E-state index in [4.69, 9.17) is 9.47 Å². The van der Waals surface area contributed by atoms with E-state index in [0.717, 1.165) is 16.8 Å². The number of rotatable bonds is 4. The number of benzene rings is 1. The lowest BCUT2D eigenvalue weighted by molar-refractivity contribution is 0.0739. The molecule has 0 bridgehead atoms. The lowest BCUT2D eigenvalue weighted by Gasteiger charge is -2.14. The van der Waals surface area contributed by atoms with Crippen LogP contribution in [0.2, 0.25) is 0 Å². The summed E-state index contributed by atoms with van der Waals surface area (Å²) < 4.78 is 12.3. The molecule has 0 unspecified atom stereocenters. The van der Waals surface area contributed by atoms with Gasteiger partial charge in [0.2, 0.25) is 0 Å². The molecule has 0 saturated carbocycles. The van der Waals surface area contributed by atoms with E-state index in [-0.39, 0.29) is 5.91 Å². The first-order chi connectivity index (χ1) is 13.1. The SMILES string of the molecule is COc1ccc(OC)c(-c2cc(C(=O)N3Cc4cncnc4C3)n(C)n2)c1. The Balaban J connectivity index is 1.66. The van der Waals surface area contributed by atoms with Crippen LogP contribution >= 0.6 is 0 Å². The zero-order valence-electron chi connectivity index (χ0n) is 15.3. The summed E-state index contributed by atoms with van der Waals surface area (Å²) in [5, 5.41) is 4.51. The summed E-state index contributed by atoms with van der Waals surface area (Å²) in [5.74, 6) is 1.26. The average molecular weight is 365 g/mol. The van der Waals surface area contributed by atoms with E-state index in [1.165, 1.54) is 6.33 Å². The number of hydrogen-bond acceptors (Lipinski definition) is 6. The van der Waals surface area contributed by atoms with Gasteiger partial charge < -0.3 is 14.4 Å². The molecule has 27 heavy (non-hydrogen) atoms. The summed E-state index contributed by atoms with van der Waals surface area (Å²) in [5.41, 5.74) is 3.77. The van der Waals surface area contributed by atoms with Crippen molar-refractivity contribution in [2.45, 2.75) is 13.1 Å². The molecule has 8 nitrogen and oxygen atoms in total. The molecule has 1 aliphatic rings. The fourth-order valence-corrected chi connectivity index (χ4v) is 3.22. The minimum Gasteiger partial charge on any atom is -0.497 e. The van der Waals surface area contributed by atoms with Crippen molar-refractivity contribution in [3.8, 4) is 22.8 Å². The summed E-state index contributed by atoms with van der Waals surface area (Å²) >= 11 is 0. The summed E-state index contributed by atoms with van der Waals surface area (Å²) in [6.45, 7) is 0.970. The van der Waals surface area contributed by atoms with Gasteiger partial charge in [0.05, 0.1) is 32.2 Å². The Kier molecular flexibility index (Phi) is 4.23. The zero-order valence-corrected chi connectivity index (χ0v) is 15.3. The summed E-state index contributed by atoms with van der Waals surface area (Å²) in [7, 11) is 4.96. The van der Waals surface area contributed by atoms with Crippen molar-refractivity contribution in [2.75, 3.05) is 14.2 Å². The molecule has 2 aromatic heterocycles. The van der Waals surface area contributed by atoms with Crippen LogP contribution in [0, 0.1) is 0 Å². The Hall–Kier alpha value is -3.42. The number of aryl methyl sites for hydroxylation is 1. The van der Waals surface area contributed by atoms with Crippen LogP contribution in [-0.4, -0.2) is 44.8 Å². The van der Waals surface area contributed by atoms with Gasteiger partial charge in [-0.3, -0.25) is 9.48 Å². The Bertz CT molecular complexity index is 989. The van der Waals surface area contributed by atoms with Crippen molar-refractivity contribution in [3.05, 3.63) is 53.7 Å². The number of fused-ring (bicyclic) bond motifs is 1. The largest absolute Gasteiger partial charge is 0.497 e. The van der Waals surface area contributed by atoms with E-state index in [0.29, 0.717) is 36.0 Å². The molecule has 1 aromatic carbocycles. The second kappa shape index (κ2) is 6.71. The molecule has 0 aliphatic carbocycles. The van der Waals surface area contributed by atoms with Crippen molar-refractivity contribution < 1.29 is 14.3 Å². The van der Waals surface area contributed by atoms with E-state index in [1.807, 2.05) is 18.2 Å². The Labute approximate surface area is 156 Å². The summed E-state index contributed by atoms with van der Waals surface area (Å²) in [4.78, 5) is 23.0. The highest BCUT2D eigenvalue weighted by atomic mass is 16.5. The van der Waals surface area contributed by atoms with Crippen LogP contribution in [-0.2, 0) is 20.1 Å². The molecule has 0 radical (unpaired) electrons. The van der Waals surface area contributed by atoms with E-state index in [2.05, 4.69) is 15.1 Å².